The van der Waals surface area contributed by atoms with Crippen molar-refractivity contribution in [2.75, 3.05) is 33.3 Å². The Morgan fingerprint density at radius 2 is 1.95 bits per heavy atom. The summed E-state index contributed by atoms with van der Waals surface area (Å²) >= 11 is 0. The minimum absolute atomic E-state index is 0.0592. The van der Waals surface area contributed by atoms with Gasteiger partial charge in [-0.25, -0.2) is 0 Å². The van der Waals surface area contributed by atoms with Crippen LogP contribution in [0.4, 0.5) is 0 Å². The maximum atomic E-state index is 12.3. The van der Waals surface area contributed by atoms with Crippen molar-refractivity contribution in [3.63, 3.8) is 0 Å². The Morgan fingerprint density at radius 1 is 1.26 bits per heavy atom. The highest BCUT2D eigenvalue weighted by Gasteiger charge is 2.36. The number of ether oxygens (including phenoxy) is 1. The summed E-state index contributed by atoms with van der Waals surface area (Å²) in [4.78, 5) is 28.3. The van der Waals surface area contributed by atoms with E-state index >= 15 is 0 Å². The number of hydrogen-bond acceptors (Lipinski definition) is 4. The fourth-order valence-electron chi connectivity index (χ4n) is 3.15. The summed E-state index contributed by atoms with van der Waals surface area (Å²) < 4.78 is 4.71. The summed E-state index contributed by atoms with van der Waals surface area (Å²) in [5.74, 6) is -1.09. The van der Waals surface area contributed by atoms with E-state index in [1.807, 2.05) is 11.8 Å². The van der Waals surface area contributed by atoms with Crippen LogP contribution in [0.15, 0.2) is 0 Å². The molecule has 0 N–H and O–H groups in total. The van der Waals surface area contributed by atoms with Gasteiger partial charge in [-0.3, -0.25) is 14.5 Å². The topological polar surface area (TPSA) is 49.9 Å². The predicted octanol–water partition coefficient (Wildman–Crippen LogP) is 0.882. The first kappa shape index (κ1) is 14.3. The van der Waals surface area contributed by atoms with Crippen LogP contribution in [0.25, 0.3) is 0 Å². The number of likely N-dealkylation sites (tertiary alicyclic amines) is 2. The molecular weight excluding hydrogens is 244 g/mol. The van der Waals surface area contributed by atoms with Gasteiger partial charge in [0, 0.05) is 19.1 Å². The molecule has 2 rings (SSSR count). The number of rotatable bonds is 4. The van der Waals surface area contributed by atoms with E-state index in [1.54, 1.807) is 0 Å². The van der Waals surface area contributed by atoms with Crippen molar-refractivity contribution < 1.29 is 14.3 Å². The third-order valence-corrected chi connectivity index (χ3v) is 4.32. The number of carbonyl (C=O) groups excluding carboxylic acids is 2. The first-order chi connectivity index (χ1) is 9.17. The third-order valence-electron chi connectivity index (χ3n) is 4.32. The van der Waals surface area contributed by atoms with Gasteiger partial charge in [0.1, 0.15) is 5.92 Å². The Balaban J connectivity index is 1.91. The summed E-state index contributed by atoms with van der Waals surface area (Å²) in [5, 5.41) is 0. The quantitative estimate of drug-likeness (QED) is 0.561. The molecule has 0 unspecified atom stereocenters. The van der Waals surface area contributed by atoms with Crippen LogP contribution in [0.5, 0.6) is 0 Å². The Kier molecular flexibility index (Phi) is 4.80. The molecule has 2 atom stereocenters. The Labute approximate surface area is 114 Å². The van der Waals surface area contributed by atoms with Crippen LogP contribution in [0, 0.1) is 5.92 Å². The number of hydrogen-bond donors (Lipinski definition) is 0. The maximum absolute atomic E-state index is 12.3. The lowest BCUT2D eigenvalue weighted by Crippen LogP contribution is -2.41. The number of amides is 1. The van der Waals surface area contributed by atoms with Crippen molar-refractivity contribution in [1.29, 1.82) is 0 Å². The zero-order valence-electron chi connectivity index (χ0n) is 11.9. The van der Waals surface area contributed by atoms with Crippen molar-refractivity contribution in [2.45, 2.75) is 38.6 Å². The fourth-order valence-corrected chi connectivity index (χ4v) is 3.15. The molecule has 108 valence electrons. The largest absolute Gasteiger partial charge is 0.468 e. The molecule has 5 heteroatoms. The molecule has 2 heterocycles. The summed E-state index contributed by atoms with van der Waals surface area (Å²) in [6.07, 6.45) is 4.08. The maximum Gasteiger partial charge on any atom is 0.318 e. The summed E-state index contributed by atoms with van der Waals surface area (Å²) in [7, 11) is 1.34. The predicted molar refractivity (Wildman–Crippen MR) is 71.6 cm³/mol. The van der Waals surface area contributed by atoms with Crippen LogP contribution in [-0.4, -0.2) is 61.0 Å². The number of esters is 1. The Morgan fingerprint density at radius 3 is 2.53 bits per heavy atom. The fraction of sp³-hybridized carbons (Fsp3) is 0.857. The molecule has 0 saturated carbocycles. The lowest BCUT2D eigenvalue weighted by molar-refractivity contribution is -0.153. The molecule has 19 heavy (non-hydrogen) atoms. The molecule has 2 fully saturated rings. The van der Waals surface area contributed by atoms with Crippen LogP contribution in [-0.2, 0) is 14.3 Å². The molecule has 0 radical (unpaired) electrons. The molecule has 0 bridgehead atoms. The number of methoxy groups -OCH3 is 1. The summed E-state index contributed by atoms with van der Waals surface area (Å²) in [6, 6.07) is 0.488. The van der Waals surface area contributed by atoms with Gasteiger partial charge in [-0.05, 0) is 38.8 Å². The van der Waals surface area contributed by atoms with E-state index in [0.717, 1.165) is 32.6 Å². The second-order valence-electron chi connectivity index (χ2n) is 5.45. The average molecular weight is 268 g/mol. The first-order valence-electron chi connectivity index (χ1n) is 7.28. The van der Waals surface area contributed by atoms with Gasteiger partial charge in [0.2, 0.25) is 5.91 Å². The monoisotopic (exact) mass is 268 g/mol. The van der Waals surface area contributed by atoms with Gasteiger partial charge >= 0.3 is 5.97 Å². The highest BCUT2D eigenvalue weighted by Crippen LogP contribution is 2.22. The standard InChI is InChI=1S/C14H24N2O3/c1-3-12(14(18)19-2)13(17)16-9-6-11(10-16)15-7-4-5-8-15/h11-12H,3-10H2,1-2H3/t11-,12-/m1/s1. The highest BCUT2D eigenvalue weighted by atomic mass is 16.5. The van der Waals surface area contributed by atoms with E-state index in [0.29, 0.717) is 12.5 Å². The second-order valence-corrected chi connectivity index (χ2v) is 5.45. The lowest BCUT2D eigenvalue weighted by Gasteiger charge is -2.25. The molecule has 1 amide bonds. The highest BCUT2D eigenvalue weighted by molar-refractivity contribution is 5.97. The van der Waals surface area contributed by atoms with Gasteiger partial charge in [-0.15, -0.1) is 0 Å². The molecular formula is C14H24N2O3. The first-order valence-corrected chi connectivity index (χ1v) is 7.28. The molecule has 2 saturated heterocycles. The van der Waals surface area contributed by atoms with E-state index in [2.05, 4.69) is 4.90 Å². The average Bonchev–Trinajstić information content (AvgIpc) is 3.09. The molecule has 0 aromatic rings. The van der Waals surface area contributed by atoms with Crippen LogP contribution < -0.4 is 0 Å². The second kappa shape index (κ2) is 6.37. The molecule has 2 aliphatic heterocycles. The zero-order valence-corrected chi connectivity index (χ0v) is 11.9. The molecule has 2 aliphatic rings. The van der Waals surface area contributed by atoms with Crippen LogP contribution in [0.2, 0.25) is 0 Å². The molecule has 0 spiro atoms. The van der Waals surface area contributed by atoms with Crippen molar-refractivity contribution >= 4 is 11.9 Å². The van der Waals surface area contributed by atoms with Gasteiger partial charge < -0.3 is 9.64 Å². The van der Waals surface area contributed by atoms with Gasteiger partial charge in [-0.2, -0.15) is 0 Å². The van der Waals surface area contributed by atoms with Crippen LogP contribution in [0.1, 0.15) is 32.6 Å². The minimum atomic E-state index is -0.623. The van der Waals surface area contributed by atoms with E-state index in [4.69, 9.17) is 4.74 Å². The van der Waals surface area contributed by atoms with Gasteiger partial charge in [0.15, 0.2) is 0 Å². The van der Waals surface area contributed by atoms with Gasteiger partial charge in [0.05, 0.1) is 7.11 Å². The normalized spacial score (nSPS) is 25.6. The van der Waals surface area contributed by atoms with Crippen LogP contribution in [0.3, 0.4) is 0 Å². The van der Waals surface area contributed by atoms with E-state index in [1.165, 1.54) is 20.0 Å². The van der Waals surface area contributed by atoms with E-state index in [9.17, 15) is 9.59 Å². The molecule has 5 nitrogen and oxygen atoms in total. The molecule has 0 aliphatic carbocycles. The summed E-state index contributed by atoms with van der Waals surface area (Å²) in [6.45, 7) is 5.70. The van der Waals surface area contributed by atoms with Crippen LogP contribution >= 0.6 is 0 Å². The number of carbonyl (C=O) groups is 2. The molecule has 0 aromatic carbocycles. The smallest absolute Gasteiger partial charge is 0.318 e. The third kappa shape index (κ3) is 3.08. The molecule has 0 aromatic heterocycles. The minimum Gasteiger partial charge on any atom is -0.468 e. The SMILES string of the molecule is CC[C@@H](C(=O)OC)C(=O)N1CC[C@@H](N2CCCC2)C1. The van der Waals surface area contributed by atoms with Crippen molar-refractivity contribution in [3.05, 3.63) is 0 Å². The summed E-state index contributed by atoms with van der Waals surface area (Å²) in [5.41, 5.74) is 0. The van der Waals surface area contributed by atoms with Gasteiger partial charge in [0.25, 0.3) is 0 Å². The Hall–Kier alpha value is -1.10. The Bertz CT molecular complexity index is 340. The van der Waals surface area contributed by atoms with Crippen molar-refractivity contribution in [3.8, 4) is 0 Å². The van der Waals surface area contributed by atoms with Gasteiger partial charge in [-0.1, -0.05) is 6.92 Å². The van der Waals surface area contributed by atoms with E-state index in [-0.39, 0.29) is 5.91 Å². The lowest BCUT2D eigenvalue weighted by atomic mass is 10.1. The van der Waals surface area contributed by atoms with Crippen molar-refractivity contribution in [1.82, 2.24) is 9.80 Å². The van der Waals surface area contributed by atoms with Crippen molar-refractivity contribution in [2.24, 2.45) is 5.92 Å². The number of nitrogens with zero attached hydrogens (tertiary/aromatic N) is 2. The zero-order chi connectivity index (χ0) is 13.8. The van der Waals surface area contributed by atoms with E-state index < -0.39 is 11.9 Å².